The predicted molar refractivity (Wildman–Crippen MR) is 284 cm³/mol. The summed E-state index contributed by atoms with van der Waals surface area (Å²) in [6.07, 6.45) is 0.742. The SMILES string of the molecule is CCCCCOc1ccc(-c2ccc(-c3ccc(C(=O)NC4CCCNC(=O)C5CC(N)CN5C(=O)C(C)(C)NC(=O)C(CCc5ccc(O)cc5)NC(=O)C5C[C@@H](O)CN5C(=O)C([C@@H](C)O)NC4=O)cc3)cc2)cc1. The zero-order valence-corrected chi connectivity index (χ0v) is 43.6. The third kappa shape index (κ3) is 14.3. The Balaban J connectivity index is 1.10. The molecular formula is C57H72N8O11. The Morgan fingerprint density at radius 2 is 1.38 bits per heavy atom. The van der Waals surface area contributed by atoms with E-state index in [1.165, 1.54) is 37.8 Å². The molecule has 0 saturated carbocycles. The second-order valence-electron chi connectivity index (χ2n) is 20.7. The lowest BCUT2D eigenvalue weighted by atomic mass is 9.99. The Labute approximate surface area is 443 Å². The molecule has 0 radical (unpaired) electrons. The van der Waals surface area contributed by atoms with E-state index in [-0.39, 0.29) is 69.5 Å². The fourth-order valence-electron chi connectivity index (χ4n) is 9.89. The number of aliphatic hydroxyl groups is 2. The third-order valence-electron chi connectivity index (χ3n) is 14.2. The predicted octanol–water partition coefficient (Wildman–Crippen LogP) is 3.07. The Bertz CT molecular complexity index is 2680. The monoisotopic (exact) mass is 1040 g/mol. The average molecular weight is 1050 g/mol. The summed E-state index contributed by atoms with van der Waals surface area (Å²) in [5, 5.41) is 45.4. The number of aromatic hydroxyl groups is 1. The van der Waals surface area contributed by atoms with E-state index in [0.717, 1.165) is 52.2 Å². The van der Waals surface area contributed by atoms with E-state index in [1.54, 1.807) is 36.4 Å². The lowest BCUT2D eigenvalue weighted by molar-refractivity contribution is -0.146. The Hall–Kier alpha value is -7.35. The number of amides is 7. The first-order valence-corrected chi connectivity index (χ1v) is 26.3. The van der Waals surface area contributed by atoms with Gasteiger partial charge in [-0.2, -0.15) is 0 Å². The van der Waals surface area contributed by atoms with Crippen LogP contribution in [0.4, 0.5) is 0 Å². The number of fused-ring (bicyclic) bond motifs is 2. The lowest BCUT2D eigenvalue weighted by Crippen LogP contribution is -2.63. The zero-order chi connectivity index (χ0) is 54.7. The van der Waals surface area contributed by atoms with Crippen molar-refractivity contribution in [3.63, 3.8) is 0 Å². The van der Waals surface area contributed by atoms with Crippen LogP contribution >= 0.6 is 0 Å². The summed E-state index contributed by atoms with van der Waals surface area (Å²) in [5.41, 5.74) is 9.44. The highest BCUT2D eigenvalue weighted by Gasteiger charge is 2.46. The van der Waals surface area contributed by atoms with Gasteiger partial charge in [-0.1, -0.05) is 80.4 Å². The molecule has 0 aromatic heterocycles. The number of nitrogens with zero attached hydrogens (tertiary/aromatic N) is 2. The highest BCUT2D eigenvalue weighted by atomic mass is 16.5. The van der Waals surface area contributed by atoms with Crippen LogP contribution < -0.4 is 37.1 Å². The number of phenols is 1. The maximum absolute atomic E-state index is 14.4. The molecule has 19 heteroatoms. The first-order chi connectivity index (χ1) is 36.3. The number of carbonyl (C=O) groups excluding carboxylic acids is 7. The second kappa shape index (κ2) is 25.5. The molecule has 0 bridgehead atoms. The van der Waals surface area contributed by atoms with Gasteiger partial charge in [-0.15, -0.1) is 0 Å². The van der Waals surface area contributed by atoms with Crippen molar-refractivity contribution in [1.82, 2.24) is 36.4 Å². The Kier molecular flexibility index (Phi) is 18.9. The molecule has 4 aromatic carbocycles. The van der Waals surface area contributed by atoms with Crippen LogP contribution in [0.5, 0.6) is 11.5 Å². The normalized spacial score (nSPS) is 24.2. The molecule has 6 unspecified atom stereocenters. The van der Waals surface area contributed by atoms with Crippen LogP contribution in [0, 0.1) is 0 Å². The molecule has 406 valence electrons. The Morgan fingerprint density at radius 1 is 0.776 bits per heavy atom. The molecule has 76 heavy (non-hydrogen) atoms. The molecule has 7 rings (SSSR count). The number of aryl methyl sites for hydroxylation is 1. The number of unbranched alkanes of at least 4 members (excludes halogenated alkanes) is 2. The molecule has 10 N–H and O–H groups in total. The summed E-state index contributed by atoms with van der Waals surface area (Å²) in [6, 6.07) is 21.8. The molecule has 3 heterocycles. The van der Waals surface area contributed by atoms with Crippen LogP contribution in [0.25, 0.3) is 22.3 Å². The number of nitrogens with two attached hydrogens (primary N) is 1. The fraction of sp³-hybridized carbons (Fsp3) is 0.456. The van der Waals surface area contributed by atoms with E-state index in [0.29, 0.717) is 12.2 Å². The molecule has 3 saturated heterocycles. The van der Waals surface area contributed by atoms with Crippen LogP contribution in [0.1, 0.15) is 95.0 Å². The van der Waals surface area contributed by atoms with Crippen molar-refractivity contribution < 1.29 is 53.6 Å². The number of rotatable bonds is 13. The molecule has 8 atom stereocenters. The molecule has 3 fully saturated rings. The van der Waals surface area contributed by atoms with Gasteiger partial charge in [0.05, 0.1) is 18.8 Å². The molecule has 0 spiro atoms. The van der Waals surface area contributed by atoms with Crippen LogP contribution in [-0.2, 0) is 35.2 Å². The second-order valence-corrected chi connectivity index (χ2v) is 20.7. The van der Waals surface area contributed by atoms with Gasteiger partial charge in [-0.3, -0.25) is 33.6 Å². The molecule has 7 amide bonds. The van der Waals surface area contributed by atoms with Crippen LogP contribution in [0.3, 0.4) is 0 Å². The van der Waals surface area contributed by atoms with Gasteiger partial charge in [0.15, 0.2) is 0 Å². The van der Waals surface area contributed by atoms with Crippen LogP contribution in [0.2, 0.25) is 0 Å². The molecule has 0 aliphatic carbocycles. The summed E-state index contributed by atoms with van der Waals surface area (Å²) in [5.74, 6) is -4.20. The number of benzene rings is 4. The number of ether oxygens (including phenoxy) is 1. The minimum Gasteiger partial charge on any atom is -0.508 e. The quantitative estimate of drug-likeness (QED) is 0.0875. The van der Waals surface area contributed by atoms with Crippen LogP contribution in [-0.4, -0.2) is 147 Å². The topological polar surface area (TPSA) is 282 Å². The van der Waals surface area contributed by atoms with Gasteiger partial charge in [-0.25, -0.2) is 0 Å². The summed E-state index contributed by atoms with van der Waals surface area (Å²) in [7, 11) is 0. The standard InChI is InChI=1S/C57H72N8O11/c1-5-6-7-29-76-44-25-21-39(22-26-44)37-15-13-36(14-16-37)38-17-19-40(20-18-38)50(69)60-45-9-8-28-59-53(72)47-30-41(58)32-65(47)56(75)57(3,4)63-52(71)46(27-12-35-10-23-42(67)24-11-35)61-54(73)48-31-43(68)33-64(48)55(74)49(34(2)66)62-51(45)70/h10-11,13-26,34,41,43,45-49,66-68H,5-9,12,27-33,58H2,1-4H3,(H,59,72)(H,60,69)(H,61,73)(H,62,70)(H,63,71)/t34-,41?,43-,45?,46?,47?,48?,49?/m1/s1. The van der Waals surface area contributed by atoms with Crippen molar-refractivity contribution in [3.8, 4) is 33.8 Å². The van der Waals surface area contributed by atoms with E-state index >= 15 is 0 Å². The largest absolute Gasteiger partial charge is 0.508 e. The molecule has 3 aliphatic heterocycles. The number of phenolic OH excluding ortho intramolecular Hbond substituents is 1. The summed E-state index contributed by atoms with van der Waals surface area (Å²) >= 11 is 0. The van der Waals surface area contributed by atoms with E-state index < -0.39 is 95.3 Å². The summed E-state index contributed by atoms with van der Waals surface area (Å²) < 4.78 is 5.86. The number of carbonyl (C=O) groups is 7. The van der Waals surface area contributed by atoms with Gasteiger partial charge in [0.2, 0.25) is 35.4 Å². The maximum atomic E-state index is 14.4. The van der Waals surface area contributed by atoms with E-state index in [1.807, 2.05) is 48.5 Å². The van der Waals surface area contributed by atoms with Crippen molar-refractivity contribution >= 4 is 41.4 Å². The third-order valence-corrected chi connectivity index (χ3v) is 14.2. The first kappa shape index (κ1) is 56.4. The van der Waals surface area contributed by atoms with E-state index in [4.69, 9.17) is 10.5 Å². The lowest BCUT2D eigenvalue weighted by Gasteiger charge is -2.34. The number of hydrogen-bond donors (Lipinski definition) is 9. The number of nitrogens with one attached hydrogen (secondary N) is 5. The minimum atomic E-state index is -1.65. The molecule has 3 aliphatic rings. The van der Waals surface area contributed by atoms with Gasteiger partial charge in [0.25, 0.3) is 5.91 Å². The van der Waals surface area contributed by atoms with Gasteiger partial charge in [0.1, 0.15) is 47.2 Å². The van der Waals surface area contributed by atoms with Gasteiger partial charge < -0.3 is 62.2 Å². The molecular weight excluding hydrogens is 973 g/mol. The highest BCUT2D eigenvalue weighted by molar-refractivity contribution is 6.00. The zero-order valence-electron chi connectivity index (χ0n) is 43.6. The number of aliphatic hydroxyl groups excluding tert-OH is 2. The number of hydrogen-bond acceptors (Lipinski definition) is 12. The van der Waals surface area contributed by atoms with E-state index in [2.05, 4.69) is 33.5 Å². The molecule has 19 nitrogen and oxygen atoms in total. The van der Waals surface area contributed by atoms with Crippen molar-refractivity contribution in [2.75, 3.05) is 26.2 Å². The minimum absolute atomic E-state index is 0.000915. The first-order valence-electron chi connectivity index (χ1n) is 26.3. The average Bonchev–Trinajstić information content (AvgIpc) is 4.01. The van der Waals surface area contributed by atoms with E-state index in [9.17, 15) is 48.9 Å². The smallest absolute Gasteiger partial charge is 0.251 e. The summed E-state index contributed by atoms with van der Waals surface area (Å²) in [4.78, 5) is 102. The fourth-order valence-corrected chi connectivity index (χ4v) is 9.89. The highest BCUT2D eigenvalue weighted by Crippen LogP contribution is 2.28. The molecule has 4 aromatic rings. The van der Waals surface area contributed by atoms with Crippen LogP contribution in [0.15, 0.2) is 97.1 Å². The maximum Gasteiger partial charge on any atom is 0.251 e. The van der Waals surface area contributed by atoms with Gasteiger partial charge in [0, 0.05) is 37.7 Å². The van der Waals surface area contributed by atoms with Crippen molar-refractivity contribution in [1.29, 1.82) is 0 Å². The Morgan fingerprint density at radius 3 is 2.00 bits per heavy atom. The van der Waals surface area contributed by atoms with Crippen molar-refractivity contribution in [2.45, 2.75) is 139 Å². The summed E-state index contributed by atoms with van der Waals surface area (Å²) in [6.45, 7) is 6.73. The van der Waals surface area contributed by atoms with Gasteiger partial charge >= 0.3 is 0 Å². The van der Waals surface area contributed by atoms with Gasteiger partial charge in [-0.05, 0) is 124 Å². The van der Waals surface area contributed by atoms with Crippen molar-refractivity contribution in [2.24, 2.45) is 5.73 Å². The van der Waals surface area contributed by atoms with Crippen molar-refractivity contribution in [3.05, 3.63) is 108 Å².